The molecule has 0 bridgehead atoms. The van der Waals surface area contributed by atoms with Gasteiger partial charge in [-0.25, -0.2) is 0 Å². The van der Waals surface area contributed by atoms with Crippen molar-refractivity contribution >= 4 is 11.8 Å². The number of aliphatic carboxylic acids is 1. The monoisotopic (exact) mass is 160 g/mol. The zero-order chi connectivity index (χ0) is 8.85. The first kappa shape index (κ1) is 10.1. The number of aliphatic hydroxyl groups excluding tert-OH is 1. The lowest BCUT2D eigenvalue weighted by molar-refractivity contribution is -0.145. The first-order valence-corrected chi connectivity index (χ1v) is 3.47. The molecule has 0 radical (unpaired) electrons. The Labute approximate surface area is 64.8 Å². The van der Waals surface area contributed by atoms with E-state index in [1.165, 1.54) is 0 Å². The number of carbonyl (C=O) groups is 2. The fraction of sp³-hybridized carbons (Fsp3) is 0.714. The van der Waals surface area contributed by atoms with Gasteiger partial charge in [-0.3, -0.25) is 9.59 Å². The fourth-order valence-corrected chi connectivity index (χ4v) is 0.649. The second-order valence-electron chi connectivity index (χ2n) is 2.31. The van der Waals surface area contributed by atoms with Crippen LogP contribution in [0.25, 0.3) is 0 Å². The van der Waals surface area contributed by atoms with Gasteiger partial charge >= 0.3 is 5.97 Å². The molecule has 0 aliphatic heterocycles. The van der Waals surface area contributed by atoms with Gasteiger partial charge in [-0.05, 0) is 0 Å². The quantitative estimate of drug-likeness (QED) is 0.595. The Bertz CT molecular complexity index is 153. The van der Waals surface area contributed by atoms with Gasteiger partial charge < -0.3 is 10.2 Å². The van der Waals surface area contributed by atoms with Crippen LogP contribution < -0.4 is 0 Å². The number of Topliss-reactive ketones (excluding diaryl/α,β-unsaturated/α-hetero) is 1. The van der Waals surface area contributed by atoms with E-state index in [9.17, 15) is 9.59 Å². The lowest BCUT2D eigenvalue weighted by atomic mass is 10.0. The van der Waals surface area contributed by atoms with Crippen molar-refractivity contribution in [1.82, 2.24) is 0 Å². The smallest absolute Gasteiger partial charge is 0.309 e. The number of aliphatic hydroxyl groups is 1. The van der Waals surface area contributed by atoms with Crippen molar-refractivity contribution in [3.8, 4) is 0 Å². The van der Waals surface area contributed by atoms with Gasteiger partial charge in [0.1, 0.15) is 5.78 Å². The Morgan fingerprint density at radius 3 is 2.27 bits per heavy atom. The van der Waals surface area contributed by atoms with Gasteiger partial charge in [-0.15, -0.1) is 0 Å². The number of carboxylic acids is 1. The van der Waals surface area contributed by atoms with E-state index in [1.54, 1.807) is 6.92 Å². The molecule has 1 atom stereocenters. The van der Waals surface area contributed by atoms with E-state index in [2.05, 4.69) is 0 Å². The maximum Gasteiger partial charge on any atom is 0.309 e. The second kappa shape index (κ2) is 4.85. The van der Waals surface area contributed by atoms with Crippen molar-refractivity contribution in [2.24, 2.45) is 5.92 Å². The van der Waals surface area contributed by atoms with Gasteiger partial charge in [0.05, 0.1) is 12.5 Å². The van der Waals surface area contributed by atoms with Crippen molar-refractivity contribution in [2.75, 3.05) is 6.61 Å². The van der Waals surface area contributed by atoms with Crippen molar-refractivity contribution < 1.29 is 19.8 Å². The molecule has 0 saturated heterocycles. The minimum absolute atomic E-state index is 0.0671. The van der Waals surface area contributed by atoms with E-state index in [-0.39, 0.29) is 12.2 Å². The van der Waals surface area contributed by atoms with Crippen molar-refractivity contribution in [2.45, 2.75) is 19.8 Å². The molecule has 0 rings (SSSR count). The van der Waals surface area contributed by atoms with Gasteiger partial charge in [-0.2, -0.15) is 0 Å². The topological polar surface area (TPSA) is 74.6 Å². The lowest BCUT2D eigenvalue weighted by Gasteiger charge is -2.05. The molecule has 0 spiro atoms. The van der Waals surface area contributed by atoms with Crippen LogP contribution in [0.15, 0.2) is 0 Å². The molecule has 64 valence electrons. The maximum absolute atomic E-state index is 10.7. The van der Waals surface area contributed by atoms with Gasteiger partial charge in [0.25, 0.3) is 0 Å². The largest absolute Gasteiger partial charge is 0.481 e. The number of hydrogen-bond donors (Lipinski definition) is 2. The summed E-state index contributed by atoms with van der Waals surface area (Å²) in [6.45, 7) is 1.19. The summed E-state index contributed by atoms with van der Waals surface area (Å²) in [5, 5.41) is 16.9. The molecule has 0 fully saturated rings. The third-order valence-electron chi connectivity index (χ3n) is 1.44. The van der Waals surface area contributed by atoms with Crippen molar-refractivity contribution in [1.29, 1.82) is 0 Å². The molecular formula is C7H12O4. The molecule has 0 aliphatic carbocycles. The summed E-state index contributed by atoms with van der Waals surface area (Å²) in [5.74, 6) is -2.18. The third kappa shape index (κ3) is 3.72. The normalized spacial score (nSPS) is 12.5. The van der Waals surface area contributed by atoms with Gasteiger partial charge in [0.15, 0.2) is 0 Å². The Morgan fingerprint density at radius 1 is 1.45 bits per heavy atom. The predicted octanol–water partition coefficient (Wildman–Crippen LogP) is 0.0487. The Balaban J connectivity index is 3.88. The number of ketones is 1. The van der Waals surface area contributed by atoms with E-state index in [1.807, 2.05) is 0 Å². The predicted molar refractivity (Wildman–Crippen MR) is 38.1 cm³/mol. The van der Waals surface area contributed by atoms with Crippen LogP contribution in [0.3, 0.4) is 0 Å². The summed E-state index contributed by atoms with van der Waals surface area (Å²) in [7, 11) is 0. The Kier molecular flexibility index (Phi) is 4.45. The molecule has 2 N–H and O–H groups in total. The van der Waals surface area contributed by atoms with Gasteiger partial charge in [-0.1, -0.05) is 6.92 Å². The summed E-state index contributed by atoms with van der Waals surface area (Å²) in [6.07, 6.45) is 0.256. The fourth-order valence-electron chi connectivity index (χ4n) is 0.649. The average molecular weight is 160 g/mol. The van der Waals surface area contributed by atoms with E-state index in [4.69, 9.17) is 10.2 Å². The van der Waals surface area contributed by atoms with E-state index >= 15 is 0 Å². The Hall–Kier alpha value is -0.900. The van der Waals surface area contributed by atoms with E-state index in [0.717, 1.165) is 0 Å². The maximum atomic E-state index is 10.7. The van der Waals surface area contributed by atoms with Gasteiger partial charge in [0.2, 0.25) is 0 Å². The molecule has 4 heteroatoms. The molecule has 0 heterocycles. The molecule has 0 amide bonds. The highest BCUT2D eigenvalue weighted by Gasteiger charge is 2.18. The van der Waals surface area contributed by atoms with Crippen LogP contribution in [0.1, 0.15) is 19.8 Å². The van der Waals surface area contributed by atoms with Crippen molar-refractivity contribution in [3.05, 3.63) is 0 Å². The molecule has 0 aromatic rings. The molecule has 11 heavy (non-hydrogen) atoms. The molecular weight excluding hydrogens is 148 g/mol. The van der Waals surface area contributed by atoms with Crippen LogP contribution in [-0.4, -0.2) is 28.6 Å². The average Bonchev–Trinajstić information content (AvgIpc) is 1.99. The molecule has 0 aromatic carbocycles. The highest BCUT2D eigenvalue weighted by molar-refractivity contribution is 5.83. The van der Waals surface area contributed by atoms with Crippen LogP contribution in [0, 0.1) is 5.92 Å². The van der Waals surface area contributed by atoms with Crippen LogP contribution >= 0.6 is 0 Å². The molecule has 0 saturated carbocycles. The Morgan fingerprint density at radius 2 is 2.00 bits per heavy atom. The SMILES string of the molecule is CCC(=O)CC(CO)C(=O)O. The minimum Gasteiger partial charge on any atom is -0.481 e. The standard InChI is InChI=1S/C7H12O4/c1-2-6(9)3-5(4-8)7(10)11/h5,8H,2-4H2,1H3,(H,10,11). The van der Waals surface area contributed by atoms with Crippen LogP contribution in [0.4, 0.5) is 0 Å². The summed E-state index contributed by atoms with van der Waals surface area (Å²) in [4.78, 5) is 21.0. The van der Waals surface area contributed by atoms with E-state index in [0.29, 0.717) is 6.42 Å². The third-order valence-corrected chi connectivity index (χ3v) is 1.44. The van der Waals surface area contributed by atoms with Crippen molar-refractivity contribution in [3.63, 3.8) is 0 Å². The zero-order valence-corrected chi connectivity index (χ0v) is 6.41. The summed E-state index contributed by atoms with van der Waals surface area (Å²) >= 11 is 0. The minimum atomic E-state index is -1.12. The van der Waals surface area contributed by atoms with Crippen LogP contribution in [-0.2, 0) is 9.59 Å². The van der Waals surface area contributed by atoms with Gasteiger partial charge in [0, 0.05) is 12.8 Å². The second-order valence-corrected chi connectivity index (χ2v) is 2.31. The van der Waals surface area contributed by atoms with E-state index < -0.39 is 18.5 Å². The molecule has 1 unspecified atom stereocenters. The number of carbonyl (C=O) groups excluding carboxylic acids is 1. The van der Waals surface area contributed by atoms with Crippen LogP contribution in [0.2, 0.25) is 0 Å². The highest BCUT2D eigenvalue weighted by atomic mass is 16.4. The number of hydrogen-bond acceptors (Lipinski definition) is 3. The highest BCUT2D eigenvalue weighted by Crippen LogP contribution is 2.04. The lowest BCUT2D eigenvalue weighted by Crippen LogP contribution is -2.20. The zero-order valence-electron chi connectivity index (χ0n) is 6.41. The summed E-state index contributed by atoms with van der Waals surface area (Å²) < 4.78 is 0. The molecule has 4 nitrogen and oxygen atoms in total. The molecule has 0 aromatic heterocycles. The number of carboxylic acid groups (broad SMARTS) is 1. The first-order valence-electron chi connectivity index (χ1n) is 3.47. The summed E-state index contributed by atoms with van der Waals surface area (Å²) in [5.41, 5.74) is 0. The molecule has 0 aliphatic rings. The summed E-state index contributed by atoms with van der Waals surface area (Å²) in [6, 6.07) is 0. The van der Waals surface area contributed by atoms with Crippen LogP contribution in [0.5, 0.6) is 0 Å². The number of rotatable bonds is 5. The first-order chi connectivity index (χ1) is 5.11.